The summed E-state index contributed by atoms with van der Waals surface area (Å²) in [6.45, 7) is 2.32. The van der Waals surface area contributed by atoms with Crippen molar-refractivity contribution >= 4 is 23.6 Å². The minimum Gasteiger partial charge on any atom is -0.396 e. The van der Waals surface area contributed by atoms with E-state index in [0.717, 1.165) is 24.8 Å². The van der Waals surface area contributed by atoms with Crippen molar-refractivity contribution in [2.75, 3.05) is 6.61 Å². The Bertz CT molecular complexity index is 1190. The van der Waals surface area contributed by atoms with Gasteiger partial charge in [0.2, 0.25) is 11.8 Å². The lowest BCUT2D eigenvalue weighted by Crippen LogP contribution is -2.52. The highest BCUT2D eigenvalue weighted by atomic mass is 16.3. The molecule has 1 unspecified atom stereocenters. The number of likely N-dealkylation sites (tertiary alicyclic amines) is 1. The zero-order chi connectivity index (χ0) is 24.7. The maximum Gasteiger partial charge on any atom is 0.276 e. The van der Waals surface area contributed by atoms with E-state index in [1.165, 1.54) is 9.58 Å². The smallest absolute Gasteiger partial charge is 0.276 e. The summed E-state index contributed by atoms with van der Waals surface area (Å²) in [5, 5.41) is 19.9. The molecule has 2 aromatic rings. The number of carbonyl (C=O) groups is 4. The third kappa shape index (κ3) is 4.20. The number of piperidine rings is 2. The minimum atomic E-state index is -0.676. The van der Waals surface area contributed by atoms with Crippen LogP contribution >= 0.6 is 0 Å². The van der Waals surface area contributed by atoms with Crippen molar-refractivity contribution in [2.24, 2.45) is 0 Å². The Morgan fingerprint density at radius 2 is 2.03 bits per heavy atom. The number of amides is 4. The van der Waals surface area contributed by atoms with Gasteiger partial charge in [-0.1, -0.05) is 11.3 Å². The van der Waals surface area contributed by atoms with Crippen molar-refractivity contribution in [2.45, 2.75) is 70.1 Å². The summed E-state index contributed by atoms with van der Waals surface area (Å²) in [7, 11) is 0. The van der Waals surface area contributed by atoms with Crippen LogP contribution < -0.4 is 5.32 Å². The predicted octanol–water partition coefficient (Wildman–Crippen LogP) is 0.794. The molecule has 0 radical (unpaired) electrons. The molecule has 5 rings (SSSR count). The highest BCUT2D eigenvalue weighted by Crippen LogP contribution is 2.30. The van der Waals surface area contributed by atoms with Crippen LogP contribution in [0.1, 0.15) is 71.9 Å². The molecule has 11 nitrogen and oxygen atoms in total. The SMILES string of the molecule is C[C@@H]1CCC[C@H](CCO)N1C(=O)c1cn(-c2ccc3c(c2)C(=O)N(C2CCC(=O)NC2=O)C3)nn1. The summed E-state index contributed by atoms with van der Waals surface area (Å²) in [5.74, 6) is -1.27. The van der Waals surface area contributed by atoms with E-state index in [1.807, 2.05) is 13.0 Å². The van der Waals surface area contributed by atoms with Gasteiger partial charge in [0.1, 0.15) is 6.04 Å². The molecule has 2 saturated heterocycles. The number of aliphatic hydroxyl groups excluding tert-OH is 1. The van der Waals surface area contributed by atoms with Gasteiger partial charge in [0.25, 0.3) is 11.8 Å². The van der Waals surface area contributed by atoms with E-state index in [2.05, 4.69) is 15.6 Å². The van der Waals surface area contributed by atoms with Crippen molar-refractivity contribution in [3.63, 3.8) is 0 Å². The Morgan fingerprint density at radius 1 is 1.20 bits per heavy atom. The summed E-state index contributed by atoms with van der Waals surface area (Å²) < 4.78 is 1.46. The molecule has 4 heterocycles. The quantitative estimate of drug-likeness (QED) is 0.604. The van der Waals surface area contributed by atoms with Crippen LogP contribution in [-0.4, -0.2) is 78.3 Å². The first-order valence-electron chi connectivity index (χ1n) is 12.0. The summed E-state index contributed by atoms with van der Waals surface area (Å²) in [6, 6.07) is 4.63. The Balaban J connectivity index is 1.35. The molecular weight excluding hydrogens is 452 g/mol. The number of rotatable bonds is 5. The second-order valence-corrected chi connectivity index (χ2v) is 9.45. The summed E-state index contributed by atoms with van der Waals surface area (Å²) in [5.41, 5.74) is 2.03. The van der Waals surface area contributed by atoms with Crippen LogP contribution in [0.5, 0.6) is 0 Å². The lowest BCUT2D eigenvalue weighted by Gasteiger charge is -2.40. The Hall–Kier alpha value is -3.60. The molecular formula is C24H28N6O5. The van der Waals surface area contributed by atoms with Crippen LogP contribution in [0.15, 0.2) is 24.4 Å². The maximum atomic E-state index is 13.3. The van der Waals surface area contributed by atoms with Crippen LogP contribution in [0.3, 0.4) is 0 Å². The predicted molar refractivity (Wildman–Crippen MR) is 122 cm³/mol. The number of fused-ring (bicyclic) bond motifs is 1. The molecule has 2 N–H and O–H groups in total. The van der Waals surface area contributed by atoms with Gasteiger partial charge in [0.15, 0.2) is 5.69 Å². The molecule has 0 bridgehead atoms. The molecule has 11 heteroatoms. The molecule has 0 saturated carbocycles. The molecule has 184 valence electrons. The number of carbonyl (C=O) groups excluding carboxylic acids is 4. The van der Waals surface area contributed by atoms with Crippen LogP contribution in [0.2, 0.25) is 0 Å². The molecule has 2 fully saturated rings. The average molecular weight is 481 g/mol. The van der Waals surface area contributed by atoms with E-state index in [9.17, 15) is 24.3 Å². The topological polar surface area (TPSA) is 138 Å². The van der Waals surface area contributed by atoms with Gasteiger partial charge in [0.05, 0.1) is 11.9 Å². The van der Waals surface area contributed by atoms with Crippen LogP contribution in [0.25, 0.3) is 5.69 Å². The molecule has 0 aliphatic carbocycles. The van der Waals surface area contributed by atoms with Crippen LogP contribution in [0, 0.1) is 0 Å². The van der Waals surface area contributed by atoms with E-state index < -0.39 is 11.9 Å². The van der Waals surface area contributed by atoms with Gasteiger partial charge in [-0.3, -0.25) is 24.5 Å². The van der Waals surface area contributed by atoms with Gasteiger partial charge in [0, 0.05) is 37.2 Å². The molecule has 1 aromatic carbocycles. The molecule has 35 heavy (non-hydrogen) atoms. The number of aliphatic hydroxyl groups is 1. The number of aromatic nitrogens is 3. The zero-order valence-corrected chi connectivity index (χ0v) is 19.5. The van der Waals surface area contributed by atoms with Crippen molar-refractivity contribution in [1.29, 1.82) is 0 Å². The van der Waals surface area contributed by atoms with Gasteiger partial charge in [-0.25, -0.2) is 4.68 Å². The number of benzene rings is 1. The second-order valence-electron chi connectivity index (χ2n) is 9.45. The number of hydrogen-bond donors (Lipinski definition) is 2. The molecule has 3 aliphatic rings. The third-order valence-electron chi connectivity index (χ3n) is 7.21. The molecule has 3 atom stereocenters. The number of nitrogens with zero attached hydrogens (tertiary/aromatic N) is 5. The van der Waals surface area contributed by atoms with E-state index in [-0.39, 0.29) is 48.5 Å². The standard InChI is InChI=1S/C24H28N6O5/c1-14-3-2-4-16(9-10-31)30(14)24(35)19-13-29(27-26-19)17-6-5-15-12-28(23(34)18(15)11-17)20-7-8-21(32)25-22(20)33/h5-6,11,13-14,16,20,31H,2-4,7-10,12H2,1H3,(H,25,32,33)/t14-,16-,20?/m1/s1. The monoisotopic (exact) mass is 480 g/mol. The first-order valence-corrected chi connectivity index (χ1v) is 12.0. The van der Waals surface area contributed by atoms with Crippen molar-refractivity contribution in [3.05, 3.63) is 41.2 Å². The molecule has 1 aromatic heterocycles. The highest BCUT2D eigenvalue weighted by Gasteiger charge is 2.39. The number of nitrogens with one attached hydrogen (secondary N) is 1. The lowest BCUT2D eigenvalue weighted by molar-refractivity contribution is -0.136. The van der Waals surface area contributed by atoms with Crippen LogP contribution in [-0.2, 0) is 16.1 Å². The minimum absolute atomic E-state index is 0.0207. The van der Waals surface area contributed by atoms with Gasteiger partial charge in [-0.15, -0.1) is 5.10 Å². The third-order valence-corrected chi connectivity index (χ3v) is 7.21. The fraction of sp³-hybridized carbons (Fsp3) is 0.500. The van der Waals surface area contributed by atoms with Gasteiger partial charge in [-0.05, 0) is 56.7 Å². The van der Waals surface area contributed by atoms with Gasteiger partial charge >= 0.3 is 0 Å². The lowest BCUT2D eigenvalue weighted by atomic mass is 9.94. The fourth-order valence-electron chi connectivity index (χ4n) is 5.39. The first kappa shape index (κ1) is 23.2. The van der Waals surface area contributed by atoms with E-state index >= 15 is 0 Å². The number of imide groups is 1. The van der Waals surface area contributed by atoms with Crippen molar-refractivity contribution in [1.82, 2.24) is 30.1 Å². The summed E-state index contributed by atoms with van der Waals surface area (Å²) in [6.07, 6.45) is 5.35. The maximum absolute atomic E-state index is 13.3. The second kappa shape index (κ2) is 9.21. The zero-order valence-electron chi connectivity index (χ0n) is 19.5. The average Bonchev–Trinajstić information content (AvgIpc) is 3.44. The van der Waals surface area contributed by atoms with Gasteiger partial charge in [-0.2, -0.15) is 0 Å². The van der Waals surface area contributed by atoms with E-state index in [0.29, 0.717) is 30.6 Å². The number of hydrogen-bond acceptors (Lipinski definition) is 7. The van der Waals surface area contributed by atoms with Gasteiger partial charge < -0.3 is 14.9 Å². The van der Waals surface area contributed by atoms with Crippen LogP contribution in [0.4, 0.5) is 0 Å². The largest absolute Gasteiger partial charge is 0.396 e. The Kier molecular flexibility index (Phi) is 6.10. The normalized spacial score (nSPS) is 24.5. The Labute approximate surface area is 202 Å². The molecule has 4 amide bonds. The van der Waals surface area contributed by atoms with Crippen molar-refractivity contribution < 1.29 is 24.3 Å². The Morgan fingerprint density at radius 3 is 2.80 bits per heavy atom. The van der Waals surface area contributed by atoms with E-state index in [4.69, 9.17) is 0 Å². The fourth-order valence-corrected chi connectivity index (χ4v) is 5.39. The molecule has 3 aliphatic heterocycles. The summed E-state index contributed by atoms with van der Waals surface area (Å²) in [4.78, 5) is 53.4. The van der Waals surface area contributed by atoms with Crippen molar-refractivity contribution in [3.8, 4) is 5.69 Å². The summed E-state index contributed by atoms with van der Waals surface area (Å²) >= 11 is 0. The first-order chi connectivity index (χ1) is 16.9. The molecule has 0 spiro atoms. The highest BCUT2D eigenvalue weighted by molar-refractivity contribution is 6.05. The van der Waals surface area contributed by atoms with E-state index in [1.54, 1.807) is 23.2 Å².